The Kier molecular flexibility index (Phi) is 7.14. The molecule has 0 unspecified atom stereocenters. The van der Waals surface area contributed by atoms with Gasteiger partial charge in [0.2, 0.25) is 0 Å². The second-order valence-electron chi connectivity index (χ2n) is 6.04. The Morgan fingerprint density at radius 2 is 2.05 bits per heavy atom. The zero-order valence-corrected chi connectivity index (χ0v) is 14.5. The first-order valence-corrected chi connectivity index (χ1v) is 8.81. The summed E-state index contributed by atoms with van der Waals surface area (Å²) in [5.74, 6) is -0.134. The number of benzene rings is 1. The molecule has 2 rings (SSSR count). The number of hydrogen-bond acceptors (Lipinski definition) is 2. The largest absolute Gasteiger partial charge is 0.313 e. The van der Waals surface area contributed by atoms with Gasteiger partial charge >= 0.3 is 0 Å². The van der Waals surface area contributed by atoms with Crippen LogP contribution >= 0.6 is 15.9 Å². The fraction of sp³-hybridized carbons (Fsp3) is 0.647. The maximum atomic E-state index is 13.6. The predicted molar refractivity (Wildman–Crippen MR) is 89.9 cm³/mol. The maximum absolute atomic E-state index is 13.6. The molecule has 0 amide bonds. The zero-order valence-electron chi connectivity index (χ0n) is 12.9. The van der Waals surface area contributed by atoms with Crippen LogP contribution in [0, 0.1) is 5.82 Å². The molecule has 0 saturated heterocycles. The number of rotatable bonds is 7. The van der Waals surface area contributed by atoms with Gasteiger partial charge in [0.05, 0.1) is 0 Å². The van der Waals surface area contributed by atoms with Crippen molar-refractivity contribution in [1.29, 1.82) is 0 Å². The van der Waals surface area contributed by atoms with Gasteiger partial charge in [-0.15, -0.1) is 0 Å². The third kappa shape index (κ3) is 5.68. The first-order chi connectivity index (χ1) is 10.2. The molecule has 1 aromatic rings. The lowest BCUT2D eigenvalue weighted by molar-refractivity contribution is 0.189. The van der Waals surface area contributed by atoms with Gasteiger partial charge in [-0.1, -0.05) is 35.2 Å². The molecule has 21 heavy (non-hydrogen) atoms. The highest BCUT2D eigenvalue weighted by Gasteiger charge is 2.17. The SMILES string of the molecule is CN(CCCNCc1cc(Br)ccc1F)C1CCCCC1. The predicted octanol–water partition coefficient (Wildman–Crippen LogP) is 4.33. The van der Waals surface area contributed by atoms with E-state index in [1.165, 1.54) is 38.2 Å². The van der Waals surface area contributed by atoms with E-state index in [9.17, 15) is 4.39 Å². The van der Waals surface area contributed by atoms with E-state index < -0.39 is 0 Å². The highest BCUT2D eigenvalue weighted by molar-refractivity contribution is 9.10. The minimum atomic E-state index is -0.134. The molecule has 0 heterocycles. The summed E-state index contributed by atoms with van der Waals surface area (Å²) >= 11 is 3.38. The third-order valence-corrected chi connectivity index (χ3v) is 4.88. The normalized spacial score (nSPS) is 16.6. The van der Waals surface area contributed by atoms with Gasteiger partial charge in [-0.2, -0.15) is 0 Å². The Morgan fingerprint density at radius 3 is 2.81 bits per heavy atom. The molecule has 0 spiro atoms. The van der Waals surface area contributed by atoms with E-state index >= 15 is 0 Å². The molecular weight excluding hydrogens is 331 g/mol. The Hall–Kier alpha value is -0.450. The molecule has 1 aliphatic rings. The minimum Gasteiger partial charge on any atom is -0.313 e. The lowest BCUT2D eigenvalue weighted by atomic mass is 9.94. The summed E-state index contributed by atoms with van der Waals surface area (Å²) < 4.78 is 14.5. The molecule has 118 valence electrons. The van der Waals surface area contributed by atoms with Crippen LogP contribution in [-0.2, 0) is 6.54 Å². The average molecular weight is 357 g/mol. The third-order valence-electron chi connectivity index (χ3n) is 4.39. The van der Waals surface area contributed by atoms with Gasteiger partial charge < -0.3 is 10.2 Å². The van der Waals surface area contributed by atoms with Crippen molar-refractivity contribution in [3.05, 3.63) is 34.1 Å². The summed E-state index contributed by atoms with van der Waals surface area (Å²) in [4.78, 5) is 2.50. The van der Waals surface area contributed by atoms with Crippen LogP contribution in [0.1, 0.15) is 44.1 Å². The van der Waals surface area contributed by atoms with Crippen LogP contribution in [0.4, 0.5) is 4.39 Å². The highest BCUT2D eigenvalue weighted by Crippen LogP contribution is 2.21. The molecule has 0 radical (unpaired) electrons. The van der Waals surface area contributed by atoms with Gasteiger partial charge in [-0.3, -0.25) is 0 Å². The minimum absolute atomic E-state index is 0.134. The van der Waals surface area contributed by atoms with E-state index in [2.05, 4.69) is 33.2 Å². The van der Waals surface area contributed by atoms with E-state index in [0.717, 1.165) is 35.6 Å². The Morgan fingerprint density at radius 1 is 1.29 bits per heavy atom. The Labute approximate surface area is 136 Å². The Balaban J connectivity index is 1.62. The smallest absolute Gasteiger partial charge is 0.127 e. The number of nitrogens with zero attached hydrogens (tertiary/aromatic N) is 1. The Bertz CT molecular complexity index is 433. The fourth-order valence-electron chi connectivity index (χ4n) is 3.06. The number of nitrogens with one attached hydrogen (secondary N) is 1. The van der Waals surface area contributed by atoms with Gasteiger partial charge in [0.15, 0.2) is 0 Å². The monoisotopic (exact) mass is 356 g/mol. The molecule has 0 aromatic heterocycles. The van der Waals surface area contributed by atoms with Crippen molar-refractivity contribution in [2.45, 2.75) is 51.1 Å². The number of hydrogen-bond donors (Lipinski definition) is 1. The molecule has 1 fully saturated rings. The van der Waals surface area contributed by atoms with E-state index in [-0.39, 0.29) is 5.82 Å². The lowest BCUT2D eigenvalue weighted by Crippen LogP contribution is -2.35. The quantitative estimate of drug-likeness (QED) is 0.731. The summed E-state index contributed by atoms with van der Waals surface area (Å²) in [6.45, 7) is 2.65. The molecular formula is C17H26BrFN2. The molecule has 0 aliphatic heterocycles. The van der Waals surface area contributed by atoms with Crippen molar-refractivity contribution >= 4 is 15.9 Å². The van der Waals surface area contributed by atoms with Crippen LogP contribution in [-0.4, -0.2) is 31.1 Å². The standard InChI is InChI=1S/C17H26BrFN2/c1-21(16-6-3-2-4-7-16)11-5-10-20-13-14-12-15(18)8-9-17(14)19/h8-9,12,16,20H,2-7,10-11,13H2,1H3. The van der Waals surface area contributed by atoms with Gasteiger partial charge in [-0.05, 0) is 57.6 Å². The second kappa shape index (κ2) is 8.86. The van der Waals surface area contributed by atoms with Crippen LogP contribution in [0.15, 0.2) is 22.7 Å². The summed E-state index contributed by atoms with van der Waals surface area (Å²) in [5.41, 5.74) is 0.727. The molecule has 1 saturated carbocycles. The van der Waals surface area contributed by atoms with Gasteiger partial charge in [0.25, 0.3) is 0 Å². The van der Waals surface area contributed by atoms with Crippen molar-refractivity contribution in [1.82, 2.24) is 10.2 Å². The van der Waals surface area contributed by atoms with Gasteiger partial charge in [0.1, 0.15) is 5.82 Å². The lowest BCUT2D eigenvalue weighted by Gasteiger charge is -2.31. The molecule has 2 nitrogen and oxygen atoms in total. The van der Waals surface area contributed by atoms with Gasteiger partial charge in [0, 0.05) is 22.6 Å². The topological polar surface area (TPSA) is 15.3 Å². The fourth-order valence-corrected chi connectivity index (χ4v) is 3.47. The van der Waals surface area contributed by atoms with Crippen LogP contribution < -0.4 is 5.32 Å². The zero-order chi connectivity index (χ0) is 15.1. The number of halogens is 2. The van der Waals surface area contributed by atoms with Crippen LogP contribution in [0.5, 0.6) is 0 Å². The highest BCUT2D eigenvalue weighted by atomic mass is 79.9. The molecule has 1 aromatic carbocycles. The van der Waals surface area contributed by atoms with E-state index in [4.69, 9.17) is 0 Å². The summed E-state index contributed by atoms with van der Waals surface area (Å²) in [5, 5.41) is 3.34. The second-order valence-corrected chi connectivity index (χ2v) is 6.95. The van der Waals surface area contributed by atoms with Gasteiger partial charge in [-0.25, -0.2) is 4.39 Å². The molecule has 4 heteroatoms. The van der Waals surface area contributed by atoms with E-state index in [1.807, 2.05) is 6.07 Å². The summed E-state index contributed by atoms with van der Waals surface area (Å²) in [6, 6.07) is 5.87. The molecule has 1 aliphatic carbocycles. The average Bonchev–Trinajstić information content (AvgIpc) is 2.51. The van der Waals surface area contributed by atoms with Crippen molar-refractivity contribution in [2.75, 3.05) is 20.1 Å². The summed E-state index contributed by atoms with van der Waals surface area (Å²) in [7, 11) is 2.24. The van der Waals surface area contributed by atoms with Crippen molar-refractivity contribution < 1.29 is 4.39 Å². The molecule has 0 bridgehead atoms. The van der Waals surface area contributed by atoms with Crippen molar-refractivity contribution in [3.8, 4) is 0 Å². The van der Waals surface area contributed by atoms with E-state index in [0.29, 0.717) is 6.54 Å². The maximum Gasteiger partial charge on any atom is 0.127 e. The summed E-state index contributed by atoms with van der Waals surface area (Å²) in [6.07, 6.45) is 8.00. The van der Waals surface area contributed by atoms with Crippen LogP contribution in [0.2, 0.25) is 0 Å². The first-order valence-electron chi connectivity index (χ1n) is 8.01. The van der Waals surface area contributed by atoms with Crippen LogP contribution in [0.3, 0.4) is 0 Å². The van der Waals surface area contributed by atoms with Crippen molar-refractivity contribution in [2.24, 2.45) is 0 Å². The first kappa shape index (κ1) is 16.9. The van der Waals surface area contributed by atoms with Crippen LogP contribution in [0.25, 0.3) is 0 Å². The van der Waals surface area contributed by atoms with Crippen molar-refractivity contribution in [3.63, 3.8) is 0 Å². The molecule has 1 N–H and O–H groups in total. The van der Waals surface area contributed by atoms with E-state index in [1.54, 1.807) is 6.07 Å². The molecule has 0 atom stereocenters.